The number of aliphatic hydroxyl groups is 1. The maximum atomic E-state index is 9.15. The maximum absolute atomic E-state index is 9.15. The average Bonchev–Trinajstić information content (AvgIpc) is 2.33. The fourth-order valence-electron chi connectivity index (χ4n) is 1.51. The van der Waals surface area contributed by atoms with Crippen LogP contribution in [0, 0.1) is 0 Å². The topological polar surface area (TPSA) is 38.7 Å². The Morgan fingerprint density at radius 3 is 2.88 bits per heavy atom. The third kappa shape index (κ3) is 3.79. The number of rotatable bonds is 4. The second kappa shape index (κ2) is 6.25. The molecule has 0 spiro atoms. The van der Waals surface area contributed by atoms with E-state index in [0.29, 0.717) is 30.8 Å². The highest BCUT2D eigenvalue weighted by Crippen LogP contribution is 2.19. The third-order valence-corrected chi connectivity index (χ3v) is 3.59. The van der Waals surface area contributed by atoms with Gasteiger partial charge >= 0.3 is 0 Å². The minimum absolute atomic E-state index is 0.340. The lowest BCUT2D eigenvalue weighted by Crippen LogP contribution is -2.31. The Morgan fingerprint density at radius 1 is 1.38 bits per heavy atom. The molecule has 1 heterocycles. The van der Waals surface area contributed by atoms with Crippen molar-refractivity contribution in [2.24, 2.45) is 0 Å². The van der Waals surface area contributed by atoms with Crippen molar-refractivity contribution in [3.8, 4) is 0 Å². The van der Waals surface area contributed by atoms with Crippen LogP contribution in [-0.4, -0.2) is 35.6 Å². The normalized spacial score (nSPS) is 25.6. The first-order chi connectivity index (χ1) is 7.84. The van der Waals surface area contributed by atoms with E-state index >= 15 is 0 Å². The summed E-state index contributed by atoms with van der Waals surface area (Å²) in [5, 5.41) is 9.49. The molecule has 16 heavy (non-hydrogen) atoms. The molecule has 0 amide bonds. The van der Waals surface area contributed by atoms with E-state index in [2.05, 4.69) is 0 Å². The molecule has 0 saturated carbocycles. The van der Waals surface area contributed by atoms with Crippen LogP contribution in [0.4, 0.5) is 0 Å². The molecule has 1 N–H and O–H groups in total. The summed E-state index contributed by atoms with van der Waals surface area (Å²) in [5.41, 5.74) is 1.18. The molecule has 88 valence electrons. The Morgan fingerprint density at radius 2 is 2.19 bits per heavy atom. The van der Waals surface area contributed by atoms with Crippen molar-refractivity contribution in [1.82, 2.24) is 0 Å². The molecule has 0 radical (unpaired) electrons. The van der Waals surface area contributed by atoms with Crippen LogP contribution < -0.4 is 0 Å². The fraction of sp³-hybridized carbons (Fsp3) is 0.500. The van der Waals surface area contributed by atoms with Crippen LogP contribution in [0.1, 0.15) is 5.56 Å². The van der Waals surface area contributed by atoms with E-state index in [1.807, 2.05) is 30.3 Å². The van der Waals surface area contributed by atoms with Gasteiger partial charge < -0.3 is 14.6 Å². The summed E-state index contributed by atoms with van der Waals surface area (Å²) >= 11 is 1.71. The number of ether oxygens (including phenoxy) is 2. The summed E-state index contributed by atoms with van der Waals surface area (Å²) in [6.45, 7) is 1.88. The predicted octanol–water partition coefficient (Wildman–Crippen LogP) is 1.65. The van der Waals surface area contributed by atoms with Crippen molar-refractivity contribution >= 4 is 11.8 Å². The first kappa shape index (κ1) is 11.9. The van der Waals surface area contributed by atoms with Crippen molar-refractivity contribution in [2.45, 2.75) is 18.1 Å². The lowest BCUT2D eigenvalue weighted by atomic mass is 10.2. The van der Waals surface area contributed by atoms with Crippen LogP contribution >= 0.6 is 11.8 Å². The molecule has 2 rings (SSSR count). The molecule has 1 saturated heterocycles. The predicted molar refractivity (Wildman–Crippen MR) is 64.3 cm³/mol. The Bertz CT molecular complexity index is 296. The molecule has 1 aromatic rings. The highest BCUT2D eigenvalue weighted by atomic mass is 32.2. The van der Waals surface area contributed by atoms with Gasteiger partial charge in [-0.1, -0.05) is 30.3 Å². The third-order valence-electron chi connectivity index (χ3n) is 2.36. The van der Waals surface area contributed by atoms with Gasteiger partial charge in [0.1, 0.15) is 0 Å². The first-order valence-corrected chi connectivity index (χ1v) is 6.42. The molecule has 4 heteroatoms. The van der Waals surface area contributed by atoms with Gasteiger partial charge in [0.2, 0.25) is 0 Å². The van der Waals surface area contributed by atoms with E-state index in [1.54, 1.807) is 11.8 Å². The quantitative estimate of drug-likeness (QED) is 0.868. The van der Waals surface area contributed by atoms with Crippen molar-refractivity contribution in [3.63, 3.8) is 0 Å². The van der Waals surface area contributed by atoms with Gasteiger partial charge in [-0.05, 0) is 5.56 Å². The Balaban J connectivity index is 1.65. The van der Waals surface area contributed by atoms with E-state index < -0.39 is 6.29 Å². The van der Waals surface area contributed by atoms with Gasteiger partial charge in [-0.2, -0.15) is 0 Å². The van der Waals surface area contributed by atoms with E-state index in [0.717, 1.165) is 0 Å². The van der Waals surface area contributed by atoms with Crippen molar-refractivity contribution in [1.29, 1.82) is 0 Å². The Labute approximate surface area is 99.8 Å². The van der Waals surface area contributed by atoms with E-state index in [-0.39, 0.29) is 0 Å². The largest absolute Gasteiger partial charge is 0.376 e. The molecular formula is C12H16O3S. The number of hydrogen-bond acceptors (Lipinski definition) is 4. The van der Waals surface area contributed by atoms with Gasteiger partial charge in [0.15, 0.2) is 6.29 Å². The standard InChI is InChI=1S/C12H16O3S/c13-12-9-16-11(8-15-12)7-14-6-10-4-2-1-3-5-10/h1-5,11-13H,6-9H2. The summed E-state index contributed by atoms with van der Waals surface area (Å²) < 4.78 is 10.8. The van der Waals surface area contributed by atoms with Gasteiger partial charge in [0.25, 0.3) is 0 Å². The Hall–Kier alpha value is -0.550. The van der Waals surface area contributed by atoms with E-state index in [1.165, 1.54) is 5.56 Å². The number of thioether (sulfide) groups is 1. The highest BCUT2D eigenvalue weighted by molar-refractivity contribution is 8.00. The van der Waals surface area contributed by atoms with Crippen LogP contribution in [-0.2, 0) is 16.1 Å². The van der Waals surface area contributed by atoms with Crippen molar-refractivity contribution < 1.29 is 14.6 Å². The second-order valence-corrected chi connectivity index (χ2v) is 5.08. The molecule has 0 aliphatic carbocycles. The molecule has 1 fully saturated rings. The molecule has 1 aliphatic heterocycles. The summed E-state index contributed by atoms with van der Waals surface area (Å²) in [7, 11) is 0. The SMILES string of the molecule is OC1CSC(COCc2ccccc2)CO1. The van der Waals surface area contributed by atoms with E-state index in [4.69, 9.17) is 14.6 Å². The maximum Gasteiger partial charge on any atom is 0.163 e. The molecular weight excluding hydrogens is 224 g/mol. The first-order valence-electron chi connectivity index (χ1n) is 5.37. The van der Waals surface area contributed by atoms with Gasteiger partial charge in [0, 0.05) is 5.75 Å². The second-order valence-electron chi connectivity index (χ2n) is 3.74. The zero-order valence-electron chi connectivity index (χ0n) is 9.04. The molecule has 0 bridgehead atoms. The molecule has 2 unspecified atom stereocenters. The molecule has 1 aliphatic rings. The molecule has 1 aromatic carbocycles. The lowest BCUT2D eigenvalue weighted by Gasteiger charge is -2.25. The monoisotopic (exact) mass is 240 g/mol. The smallest absolute Gasteiger partial charge is 0.163 e. The van der Waals surface area contributed by atoms with E-state index in [9.17, 15) is 0 Å². The van der Waals surface area contributed by atoms with Gasteiger partial charge in [-0.25, -0.2) is 0 Å². The van der Waals surface area contributed by atoms with Crippen LogP contribution in [0.25, 0.3) is 0 Å². The number of aliphatic hydroxyl groups excluding tert-OH is 1. The number of hydrogen-bond donors (Lipinski definition) is 1. The van der Waals surface area contributed by atoms with Crippen molar-refractivity contribution in [3.05, 3.63) is 35.9 Å². The molecule has 0 aromatic heterocycles. The minimum Gasteiger partial charge on any atom is -0.376 e. The number of benzene rings is 1. The van der Waals surface area contributed by atoms with Crippen molar-refractivity contribution in [2.75, 3.05) is 19.0 Å². The lowest BCUT2D eigenvalue weighted by molar-refractivity contribution is -0.0903. The molecule has 3 nitrogen and oxygen atoms in total. The van der Waals surface area contributed by atoms with Gasteiger partial charge in [-0.3, -0.25) is 0 Å². The van der Waals surface area contributed by atoms with Crippen LogP contribution in [0.3, 0.4) is 0 Å². The summed E-state index contributed by atoms with van der Waals surface area (Å²) in [6, 6.07) is 10.1. The average molecular weight is 240 g/mol. The zero-order valence-corrected chi connectivity index (χ0v) is 9.86. The zero-order chi connectivity index (χ0) is 11.2. The summed E-state index contributed by atoms with van der Waals surface area (Å²) in [5.74, 6) is 0.638. The summed E-state index contributed by atoms with van der Waals surface area (Å²) in [6.07, 6.45) is -0.602. The van der Waals surface area contributed by atoms with Gasteiger partial charge in [0.05, 0.1) is 25.1 Å². The van der Waals surface area contributed by atoms with Crippen LogP contribution in [0.2, 0.25) is 0 Å². The van der Waals surface area contributed by atoms with Crippen LogP contribution in [0.5, 0.6) is 0 Å². The summed E-state index contributed by atoms with van der Waals surface area (Å²) in [4.78, 5) is 0. The van der Waals surface area contributed by atoms with Crippen LogP contribution in [0.15, 0.2) is 30.3 Å². The highest BCUT2D eigenvalue weighted by Gasteiger charge is 2.20. The minimum atomic E-state index is -0.602. The van der Waals surface area contributed by atoms with Gasteiger partial charge in [-0.15, -0.1) is 11.8 Å². The fourth-order valence-corrected chi connectivity index (χ4v) is 2.41. The Kier molecular flexibility index (Phi) is 4.66. The molecule has 2 atom stereocenters.